The van der Waals surface area contributed by atoms with E-state index >= 15 is 0 Å². The van der Waals surface area contributed by atoms with E-state index in [0.717, 1.165) is 52.4 Å². The zero-order chi connectivity index (χ0) is 22.9. The van der Waals surface area contributed by atoms with Crippen LogP contribution in [-0.2, 0) is 12.0 Å². The molecule has 1 N–H and O–H groups in total. The summed E-state index contributed by atoms with van der Waals surface area (Å²) in [4.78, 5) is 13.7. The zero-order valence-corrected chi connectivity index (χ0v) is 20.2. The van der Waals surface area contributed by atoms with Gasteiger partial charge in [-0.25, -0.2) is 19.6 Å². The number of rotatable bonds is 7. The molecule has 32 heavy (non-hydrogen) atoms. The van der Waals surface area contributed by atoms with Gasteiger partial charge in [0, 0.05) is 29.6 Å². The van der Waals surface area contributed by atoms with Gasteiger partial charge in [0.25, 0.3) is 0 Å². The van der Waals surface area contributed by atoms with Gasteiger partial charge in [0.1, 0.15) is 17.2 Å². The maximum absolute atomic E-state index is 5.54. The normalized spacial score (nSPS) is 11.7. The lowest BCUT2D eigenvalue weighted by atomic mass is 9.92. The zero-order valence-electron chi connectivity index (χ0n) is 19.4. The molecule has 0 bridgehead atoms. The Balaban J connectivity index is 1.60. The Morgan fingerprint density at radius 2 is 1.97 bits per heavy atom. The van der Waals surface area contributed by atoms with E-state index < -0.39 is 0 Å². The van der Waals surface area contributed by atoms with Crippen LogP contribution in [0.15, 0.2) is 36.1 Å². The molecule has 0 saturated heterocycles. The summed E-state index contributed by atoms with van der Waals surface area (Å²) in [5, 5.41) is 11.0. The fourth-order valence-electron chi connectivity index (χ4n) is 3.30. The first-order valence-electron chi connectivity index (χ1n) is 10.7. The van der Waals surface area contributed by atoms with Crippen LogP contribution in [0.1, 0.15) is 45.5 Å². The predicted octanol–water partition coefficient (Wildman–Crippen LogP) is 5.36. The third-order valence-corrected chi connectivity index (χ3v) is 5.77. The van der Waals surface area contributed by atoms with Crippen LogP contribution in [0.3, 0.4) is 0 Å². The monoisotopic (exact) mass is 451 g/mol. The summed E-state index contributed by atoms with van der Waals surface area (Å²) >= 11 is 1.54. The Bertz CT molecular complexity index is 1220. The van der Waals surface area contributed by atoms with Gasteiger partial charge < -0.3 is 14.6 Å². The largest absolute Gasteiger partial charge is 0.479 e. The van der Waals surface area contributed by atoms with Gasteiger partial charge >= 0.3 is 0 Å². The second-order valence-corrected chi connectivity index (χ2v) is 9.56. The first-order valence-corrected chi connectivity index (χ1v) is 11.5. The molecule has 168 valence electrons. The molecule has 0 amide bonds. The van der Waals surface area contributed by atoms with Gasteiger partial charge in [-0.15, -0.1) is 11.3 Å². The molecule has 0 unspecified atom stereocenters. The molecule has 0 saturated carbocycles. The minimum Gasteiger partial charge on any atom is -0.479 e. The highest BCUT2D eigenvalue weighted by Gasteiger charge is 2.20. The summed E-state index contributed by atoms with van der Waals surface area (Å²) in [7, 11) is 1.62. The van der Waals surface area contributed by atoms with E-state index in [0.29, 0.717) is 5.88 Å². The Morgan fingerprint density at radius 3 is 2.62 bits per heavy atom. The summed E-state index contributed by atoms with van der Waals surface area (Å²) < 4.78 is 9.46. The number of thiazole rings is 1. The standard InChI is InChI=1S/C23H29N7OS/c1-7-10-30-20(11-19(28-30)23(3,4)5)27-22-26-17(13-32-22)16-8-9-18(21(25-16)31-6)29-12-15(2)24-14-29/h8-9,11-14H,7,10H2,1-6H3,(H,26,27). The Hall–Kier alpha value is -3.20. The molecule has 0 aliphatic heterocycles. The minimum absolute atomic E-state index is 0.0144. The van der Waals surface area contributed by atoms with Gasteiger partial charge in [-0.1, -0.05) is 27.7 Å². The van der Waals surface area contributed by atoms with Gasteiger partial charge in [-0.05, 0) is 25.5 Å². The molecule has 0 fully saturated rings. The van der Waals surface area contributed by atoms with Crippen molar-refractivity contribution in [3.05, 3.63) is 47.5 Å². The van der Waals surface area contributed by atoms with Crippen LogP contribution >= 0.6 is 11.3 Å². The van der Waals surface area contributed by atoms with Crippen molar-refractivity contribution >= 4 is 22.3 Å². The van der Waals surface area contributed by atoms with E-state index in [4.69, 9.17) is 14.8 Å². The number of methoxy groups -OCH3 is 1. The van der Waals surface area contributed by atoms with Crippen molar-refractivity contribution in [2.45, 2.75) is 53.0 Å². The number of hydrogen-bond acceptors (Lipinski definition) is 7. The highest BCUT2D eigenvalue weighted by atomic mass is 32.1. The lowest BCUT2D eigenvalue weighted by Crippen LogP contribution is -2.13. The molecule has 0 aliphatic carbocycles. The Kier molecular flexibility index (Phi) is 6.01. The highest BCUT2D eigenvalue weighted by Crippen LogP contribution is 2.31. The summed E-state index contributed by atoms with van der Waals surface area (Å²) in [6.07, 6.45) is 4.70. The van der Waals surface area contributed by atoms with Crippen LogP contribution in [0.2, 0.25) is 0 Å². The molecule has 8 nitrogen and oxygen atoms in total. The summed E-state index contributed by atoms with van der Waals surface area (Å²) in [5.74, 6) is 1.48. The number of aryl methyl sites for hydroxylation is 2. The summed E-state index contributed by atoms with van der Waals surface area (Å²) in [5.41, 5.74) is 4.36. The average molecular weight is 452 g/mol. The summed E-state index contributed by atoms with van der Waals surface area (Å²) in [6, 6.07) is 6.03. The first kappa shape index (κ1) is 22.0. The number of hydrogen-bond donors (Lipinski definition) is 1. The molecule has 0 aliphatic rings. The Morgan fingerprint density at radius 1 is 1.16 bits per heavy atom. The van der Waals surface area contributed by atoms with Crippen LogP contribution < -0.4 is 10.1 Å². The first-order chi connectivity index (χ1) is 15.3. The number of ether oxygens (including phenoxy) is 1. The van der Waals surface area contributed by atoms with E-state index in [2.05, 4.69) is 49.0 Å². The molecular formula is C23H29N7OS. The molecule has 9 heteroatoms. The SMILES string of the molecule is CCCn1nc(C(C)(C)C)cc1Nc1nc(-c2ccc(-n3cnc(C)c3)c(OC)n2)cs1. The average Bonchev–Trinajstić information content (AvgIpc) is 3.48. The van der Waals surface area contributed by atoms with E-state index in [1.807, 2.05) is 39.9 Å². The van der Waals surface area contributed by atoms with Gasteiger partial charge in [-0.2, -0.15) is 5.10 Å². The molecule has 0 atom stereocenters. The van der Waals surface area contributed by atoms with E-state index in [9.17, 15) is 0 Å². The van der Waals surface area contributed by atoms with Crippen molar-refractivity contribution in [1.29, 1.82) is 0 Å². The number of pyridine rings is 1. The molecule has 0 radical (unpaired) electrons. The molecular weight excluding hydrogens is 422 g/mol. The van der Waals surface area contributed by atoms with Gasteiger partial charge in [0.15, 0.2) is 5.13 Å². The second kappa shape index (κ2) is 8.74. The number of nitrogens with zero attached hydrogens (tertiary/aromatic N) is 6. The number of nitrogens with one attached hydrogen (secondary N) is 1. The Labute approximate surface area is 192 Å². The lowest BCUT2D eigenvalue weighted by Gasteiger charge is -2.13. The molecule has 4 rings (SSSR count). The number of imidazole rings is 1. The van der Waals surface area contributed by atoms with Gasteiger partial charge in [-0.3, -0.25) is 0 Å². The third-order valence-electron chi connectivity index (χ3n) is 5.01. The van der Waals surface area contributed by atoms with Crippen molar-refractivity contribution in [2.75, 3.05) is 12.4 Å². The fourth-order valence-corrected chi connectivity index (χ4v) is 4.01. The maximum atomic E-state index is 5.54. The van der Waals surface area contributed by atoms with Crippen molar-refractivity contribution in [1.82, 2.24) is 29.3 Å². The second-order valence-electron chi connectivity index (χ2n) is 8.70. The molecule has 4 aromatic heterocycles. The summed E-state index contributed by atoms with van der Waals surface area (Å²) in [6.45, 7) is 11.5. The van der Waals surface area contributed by atoms with Crippen LogP contribution in [0, 0.1) is 6.92 Å². The third kappa shape index (κ3) is 4.52. The lowest BCUT2D eigenvalue weighted by molar-refractivity contribution is 0.396. The topological polar surface area (TPSA) is 82.7 Å². The molecule has 0 spiro atoms. The van der Waals surface area contributed by atoms with Crippen molar-refractivity contribution in [3.8, 4) is 23.0 Å². The van der Waals surface area contributed by atoms with Gasteiger partial charge in [0.2, 0.25) is 5.88 Å². The molecule has 4 aromatic rings. The molecule has 4 heterocycles. The molecule has 0 aromatic carbocycles. The number of aromatic nitrogens is 6. The van der Waals surface area contributed by atoms with Crippen LogP contribution in [-0.4, -0.2) is 36.4 Å². The van der Waals surface area contributed by atoms with E-state index in [1.165, 1.54) is 0 Å². The van der Waals surface area contributed by atoms with Gasteiger partial charge in [0.05, 0.1) is 30.5 Å². The van der Waals surface area contributed by atoms with E-state index in [1.54, 1.807) is 24.8 Å². The maximum Gasteiger partial charge on any atom is 0.238 e. The smallest absolute Gasteiger partial charge is 0.238 e. The predicted molar refractivity (Wildman–Crippen MR) is 128 cm³/mol. The quantitative estimate of drug-likeness (QED) is 0.407. The van der Waals surface area contributed by atoms with Crippen molar-refractivity contribution in [3.63, 3.8) is 0 Å². The van der Waals surface area contributed by atoms with Crippen LogP contribution in [0.25, 0.3) is 17.1 Å². The van der Waals surface area contributed by atoms with Crippen molar-refractivity contribution < 1.29 is 4.74 Å². The van der Waals surface area contributed by atoms with Crippen LogP contribution in [0.5, 0.6) is 5.88 Å². The minimum atomic E-state index is -0.0144. The van der Waals surface area contributed by atoms with Crippen LogP contribution in [0.4, 0.5) is 10.9 Å². The fraction of sp³-hybridized carbons (Fsp3) is 0.391. The van der Waals surface area contributed by atoms with E-state index in [-0.39, 0.29) is 5.41 Å². The van der Waals surface area contributed by atoms with Crippen molar-refractivity contribution in [2.24, 2.45) is 0 Å². The number of anilines is 2. The highest BCUT2D eigenvalue weighted by molar-refractivity contribution is 7.14.